The summed E-state index contributed by atoms with van der Waals surface area (Å²) in [6, 6.07) is 9.15. The van der Waals surface area contributed by atoms with Crippen LogP contribution in [0.3, 0.4) is 0 Å². The maximum atomic E-state index is 11.7. The lowest BCUT2D eigenvalue weighted by Gasteiger charge is -2.06. The van der Waals surface area contributed by atoms with Gasteiger partial charge in [0.05, 0.1) is 11.1 Å². The summed E-state index contributed by atoms with van der Waals surface area (Å²) in [6.45, 7) is 2.01. The predicted octanol–water partition coefficient (Wildman–Crippen LogP) is 2.19. The lowest BCUT2D eigenvalue weighted by molar-refractivity contribution is 0.166. The van der Waals surface area contributed by atoms with Crippen molar-refractivity contribution in [3.8, 4) is 0 Å². The molecule has 3 heteroatoms. The van der Waals surface area contributed by atoms with Gasteiger partial charge in [-0.3, -0.25) is 4.79 Å². The van der Waals surface area contributed by atoms with Crippen LogP contribution >= 0.6 is 0 Å². The van der Waals surface area contributed by atoms with E-state index in [1.807, 2.05) is 25.1 Å². The van der Waals surface area contributed by atoms with Crippen LogP contribution in [0.2, 0.25) is 0 Å². The van der Waals surface area contributed by atoms with E-state index in [0.717, 1.165) is 16.5 Å². The van der Waals surface area contributed by atoms with E-state index in [0.29, 0.717) is 17.5 Å². The third kappa shape index (κ3) is 1.61. The highest BCUT2D eigenvalue weighted by molar-refractivity contribution is 5.81. The van der Waals surface area contributed by atoms with Gasteiger partial charge >= 0.3 is 0 Å². The first-order valence-corrected chi connectivity index (χ1v) is 5.07. The molecule has 1 N–H and O–H groups in total. The van der Waals surface area contributed by atoms with Crippen LogP contribution in [0.4, 0.5) is 0 Å². The molecule has 3 nitrogen and oxygen atoms in total. The van der Waals surface area contributed by atoms with Crippen LogP contribution in [0.25, 0.3) is 10.8 Å². The molecule has 0 aliphatic carbocycles. The third-order valence-corrected chi connectivity index (χ3v) is 2.48. The molecular weight excluding hydrogens is 190 g/mol. The molecule has 0 bridgehead atoms. The summed E-state index contributed by atoms with van der Waals surface area (Å²) in [7, 11) is 0. The summed E-state index contributed by atoms with van der Waals surface area (Å²) < 4.78 is 0.756. The summed E-state index contributed by atoms with van der Waals surface area (Å²) in [5.41, 5.74) is 0.331. The molecule has 0 amide bonds. The van der Waals surface area contributed by atoms with E-state index in [9.17, 15) is 10.0 Å². The van der Waals surface area contributed by atoms with Gasteiger partial charge in [-0.15, -0.1) is 0 Å². The van der Waals surface area contributed by atoms with Crippen molar-refractivity contribution in [1.29, 1.82) is 0 Å². The van der Waals surface area contributed by atoms with E-state index in [2.05, 4.69) is 0 Å². The maximum absolute atomic E-state index is 11.7. The van der Waals surface area contributed by atoms with Crippen LogP contribution in [0.15, 0.2) is 35.1 Å². The number of aryl methyl sites for hydroxylation is 1. The van der Waals surface area contributed by atoms with Gasteiger partial charge in [0.1, 0.15) is 0 Å². The van der Waals surface area contributed by atoms with Crippen LogP contribution in [-0.2, 0) is 6.42 Å². The first-order valence-electron chi connectivity index (χ1n) is 5.07. The Bertz CT molecular complexity index is 543. The summed E-state index contributed by atoms with van der Waals surface area (Å²) in [4.78, 5) is 11.7. The second-order valence-electron chi connectivity index (χ2n) is 3.59. The molecule has 78 valence electrons. The van der Waals surface area contributed by atoms with E-state index in [4.69, 9.17) is 0 Å². The Balaban J connectivity index is 2.77. The molecule has 0 spiro atoms. The standard InChI is InChI=1S/C12H13NO2/c1-2-5-10-8-9-6-3-4-7-11(9)12(14)13(10)15/h3-4,6-8,15H,2,5H2,1H3. The molecule has 1 aromatic heterocycles. The third-order valence-electron chi connectivity index (χ3n) is 2.48. The summed E-state index contributed by atoms with van der Waals surface area (Å²) in [5, 5.41) is 11.1. The quantitative estimate of drug-likeness (QED) is 0.760. The molecule has 0 unspecified atom stereocenters. The van der Waals surface area contributed by atoms with Gasteiger partial charge < -0.3 is 5.21 Å². The SMILES string of the molecule is CCCc1cc2ccccc2c(=O)n1O. The number of hydrogen-bond acceptors (Lipinski definition) is 2. The largest absolute Gasteiger partial charge is 0.425 e. The molecule has 0 saturated heterocycles. The van der Waals surface area contributed by atoms with Crippen molar-refractivity contribution in [1.82, 2.24) is 4.73 Å². The summed E-state index contributed by atoms with van der Waals surface area (Å²) in [5.74, 6) is 0. The predicted molar refractivity (Wildman–Crippen MR) is 59.4 cm³/mol. The molecule has 2 rings (SSSR count). The molecule has 0 radical (unpaired) electrons. The zero-order chi connectivity index (χ0) is 10.8. The van der Waals surface area contributed by atoms with Gasteiger partial charge in [-0.1, -0.05) is 31.5 Å². The summed E-state index contributed by atoms with van der Waals surface area (Å²) in [6.07, 6.45) is 1.61. The smallest absolute Gasteiger partial charge is 0.290 e. The van der Waals surface area contributed by atoms with Crippen molar-refractivity contribution in [2.24, 2.45) is 0 Å². The Morgan fingerprint density at radius 1 is 1.33 bits per heavy atom. The Kier molecular flexibility index (Phi) is 2.46. The number of pyridine rings is 1. The van der Waals surface area contributed by atoms with Crippen molar-refractivity contribution in [2.75, 3.05) is 0 Å². The minimum absolute atomic E-state index is 0.337. The molecule has 0 saturated carbocycles. The molecule has 2 aromatic rings. The molecule has 0 atom stereocenters. The number of fused-ring (bicyclic) bond motifs is 1. The molecule has 0 aliphatic heterocycles. The maximum Gasteiger partial charge on any atom is 0.290 e. The topological polar surface area (TPSA) is 42.2 Å². The van der Waals surface area contributed by atoms with Gasteiger partial charge in [0.15, 0.2) is 0 Å². The second-order valence-corrected chi connectivity index (χ2v) is 3.59. The van der Waals surface area contributed by atoms with Crippen molar-refractivity contribution in [3.63, 3.8) is 0 Å². The van der Waals surface area contributed by atoms with Crippen LogP contribution < -0.4 is 5.56 Å². The Hall–Kier alpha value is -1.77. The van der Waals surface area contributed by atoms with Crippen LogP contribution in [0.1, 0.15) is 19.0 Å². The number of rotatable bonds is 2. The second kappa shape index (κ2) is 3.77. The van der Waals surface area contributed by atoms with E-state index in [1.165, 1.54) is 0 Å². The molecule has 0 fully saturated rings. The zero-order valence-electron chi connectivity index (χ0n) is 8.60. The van der Waals surface area contributed by atoms with Crippen molar-refractivity contribution < 1.29 is 5.21 Å². The van der Waals surface area contributed by atoms with E-state index < -0.39 is 0 Å². The van der Waals surface area contributed by atoms with E-state index in [-0.39, 0.29) is 5.56 Å². The first-order chi connectivity index (χ1) is 7.24. The highest BCUT2D eigenvalue weighted by Crippen LogP contribution is 2.12. The van der Waals surface area contributed by atoms with Crippen LogP contribution in [0.5, 0.6) is 0 Å². The molecule has 1 heterocycles. The number of benzene rings is 1. The lowest BCUT2D eigenvalue weighted by Crippen LogP contribution is -2.21. The lowest BCUT2D eigenvalue weighted by atomic mass is 10.1. The monoisotopic (exact) mass is 203 g/mol. The van der Waals surface area contributed by atoms with Crippen molar-refractivity contribution in [2.45, 2.75) is 19.8 Å². The van der Waals surface area contributed by atoms with Crippen LogP contribution in [0, 0.1) is 0 Å². The fraction of sp³-hybridized carbons (Fsp3) is 0.250. The Morgan fingerprint density at radius 3 is 2.80 bits per heavy atom. The van der Waals surface area contributed by atoms with Gasteiger partial charge in [-0.25, -0.2) is 0 Å². The van der Waals surface area contributed by atoms with Crippen molar-refractivity contribution >= 4 is 10.8 Å². The van der Waals surface area contributed by atoms with Gasteiger partial charge in [-0.05, 0) is 23.9 Å². The Morgan fingerprint density at radius 2 is 2.07 bits per heavy atom. The number of nitrogens with zero attached hydrogens (tertiary/aromatic N) is 1. The number of aromatic nitrogens is 1. The number of hydrogen-bond donors (Lipinski definition) is 1. The molecule has 0 aliphatic rings. The minimum Gasteiger partial charge on any atom is -0.425 e. The highest BCUT2D eigenvalue weighted by atomic mass is 16.5. The van der Waals surface area contributed by atoms with Gasteiger partial charge in [-0.2, -0.15) is 4.73 Å². The average molecular weight is 203 g/mol. The van der Waals surface area contributed by atoms with Gasteiger partial charge in [0.2, 0.25) is 0 Å². The minimum atomic E-state index is -0.337. The highest BCUT2D eigenvalue weighted by Gasteiger charge is 2.06. The van der Waals surface area contributed by atoms with Gasteiger partial charge in [0.25, 0.3) is 5.56 Å². The van der Waals surface area contributed by atoms with Crippen molar-refractivity contribution in [3.05, 3.63) is 46.4 Å². The normalized spacial score (nSPS) is 10.7. The zero-order valence-corrected chi connectivity index (χ0v) is 8.60. The van der Waals surface area contributed by atoms with Gasteiger partial charge in [0, 0.05) is 0 Å². The molecule has 15 heavy (non-hydrogen) atoms. The summed E-state index contributed by atoms with van der Waals surface area (Å²) >= 11 is 0. The first kappa shape index (κ1) is 9.77. The van der Waals surface area contributed by atoms with E-state index >= 15 is 0 Å². The molecule has 1 aromatic carbocycles. The fourth-order valence-electron chi connectivity index (χ4n) is 1.74. The van der Waals surface area contributed by atoms with Crippen LogP contribution in [-0.4, -0.2) is 9.94 Å². The Labute approximate surface area is 87.5 Å². The fourth-order valence-corrected chi connectivity index (χ4v) is 1.74. The average Bonchev–Trinajstić information content (AvgIpc) is 2.26. The molecular formula is C12H13NO2. The van der Waals surface area contributed by atoms with E-state index in [1.54, 1.807) is 12.1 Å².